The van der Waals surface area contributed by atoms with Gasteiger partial charge in [-0.25, -0.2) is 14.4 Å². The topological polar surface area (TPSA) is 66.4 Å². The van der Waals surface area contributed by atoms with Crippen LogP contribution in [0, 0.1) is 18.7 Å². The van der Waals surface area contributed by atoms with Crippen LogP contribution < -0.4 is 4.90 Å². The molecule has 7 heteroatoms. The van der Waals surface area contributed by atoms with E-state index in [9.17, 15) is 14.0 Å². The molecule has 170 valence electrons. The zero-order valence-corrected chi connectivity index (χ0v) is 19.1. The molecule has 2 amide bonds. The first-order valence-electron chi connectivity index (χ1n) is 11.6. The van der Waals surface area contributed by atoms with Crippen LogP contribution in [0.4, 0.5) is 10.2 Å². The Balaban J connectivity index is 1.56. The second-order valence-electron chi connectivity index (χ2n) is 9.20. The number of likely N-dealkylation sites (tertiary alicyclic amines) is 1. The lowest BCUT2D eigenvalue weighted by Crippen LogP contribution is -2.40. The fourth-order valence-corrected chi connectivity index (χ4v) is 4.73. The van der Waals surface area contributed by atoms with Crippen LogP contribution in [0.15, 0.2) is 24.3 Å². The molecule has 0 saturated carbocycles. The third-order valence-electron chi connectivity index (χ3n) is 6.34. The molecule has 32 heavy (non-hydrogen) atoms. The molecule has 3 heterocycles. The number of halogens is 1. The van der Waals surface area contributed by atoms with Crippen LogP contribution in [0.1, 0.15) is 68.2 Å². The van der Waals surface area contributed by atoms with E-state index >= 15 is 0 Å². The van der Waals surface area contributed by atoms with Crippen molar-refractivity contribution in [3.05, 3.63) is 52.7 Å². The molecule has 1 unspecified atom stereocenters. The summed E-state index contributed by atoms with van der Waals surface area (Å²) in [4.78, 5) is 38.9. The van der Waals surface area contributed by atoms with Gasteiger partial charge in [0, 0.05) is 37.2 Å². The number of aromatic nitrogens is 2. The second-order valence-corrected chi connectivity index (χ2v) is 9.20. The summed E-state index contributed by atoms with van der Waals surface area (Å²) in [6, 6.07) is 6.38. The molecule has 0 N–H and O–H groups in total. The lowest BCUT2D eigenvalue weighted by atomic mass is 10.0. The highest BCUT2D eigenvalue weighted by Crippen LogP contribution is 2.35. The number of hydrogen-bond donors (Lipinski definition) is 0. The molecule has 1 aromatic carbocycles. The van der Waals surface area contributed by atoms with Crippen molar-refractivity contribution in [1.29, 1.82) is 0 Å². The largest absolute Gasteiger partial charge is 0.332 e. The minimum atomic E-state index is -0.276. The van der Waals surface area contributed by atoms with Gasteiger partial charge < -0.3 is 4.90 Å². The van der Waals surface area contributed by atoms with E-state index in [1.807, 2.05) is 11.8 Å². The third kappa shape index (κ3) is 4.52. The standard InChI is InChI=1S/C25H31FN4O2/c1-16(2)15-30-23(32)13-11-19-17(3)27-24(28-25(19)30)21-9-6-14-29(21)22(31)12-10-18-7-4-5-8-20(18)26/h4-5,7-8,16,21H,6,9-15H2,1-3H3. The number of aryl methyl sites for hydroxylation is 2. The summed E-state index contributed by atoms with van der Waals surface area (Å²) in [6.45, 7) is 7.41. The Morgan fingerprint density at radius 2 is 2.00 bits per heavy atom. The van der Waals surface area contributed by atoms with Crippen LogP contribution in [-0.4, -0.2) is 39.8 Å². The molecule has 2 aliphatic heterocycles. The normalized spacial score (nSPS) is 18.4. The van der Waals surface area contributed by atoms with Gasteiger partial charge in [-0.2, -0.15) is 0 Å². The molecule has 1 aromatic heterocycles. The van der Waals surface area contributed by atoms with Crippen LogP contribution in [0.5, 0.6) is 0 Å². The lowest BCUT2D eigenvalue weighted by molar-refractivity contribution is -0.132. The number of carbonyl (C=O) groups is 2. The molecular formula is C25H31FN4O2. The lowest BCUT2D eigenvalue weighted by Gasteiger charge is -2.32. The first kappa shape index (κ1) is 22.4. The van der Waals surface area contributed by atoms with Gasteiger partial charge in [-0.05, 0) is 50.2 Å². The molecule has 0 radical (unpaired) electrons. The van der Waals surface area contributed by atoms with E-state index in [-0.39, 0.29) is 30.1 Å². The van der Waals surface area contributed by atoms with Gasteiger partial charge in [-0.1, -0.05) is 32.0 Å². The first-order valence-corrected chi connectivity index (χ1v) is 11.6. The predicted octanol–water partition coefficient (Wildman–Crippen LogP) is 4.16. The molecule has 1 fully saturated rings. The van der Waals surface area contributed by atoms with Crippen LogP contribution in [0.2, 0.25) is 0 Å². The Morgan fingerprint density at radius 1 is 1.22 bits per heavy atom. The van der Waals surface area contributed by atoms with Crippen molar-refractivity contribution in [2.24, 2.45) is 5.92 Å². The van der Waals surface area contributed by atoms with Crippen LogP contribution >= 0.6 is 0 Å². The molecule has 1 saturated heterocycles. The van der Waals surface area contributed by atoms with Crippen molar-refractivity contribution < 1.29 is 14.0 Å². The molecule has 1 atom stereocenters. The molecule has 2 aliphatic rings. The Kier molecular flexibility index (Phi) is 6.53. The van der Waals surface area contributed by atoms with Crippen molar-refractivity contribution >= 4 is 17.6 Å². The average Bonchev–Trinajstić information content (AvgIpc) is 3.25. The van der Waals surface area contributed by atoms with Gasteiger partial charge in [0.05, 0.1) is 6.04 Å². The van der Waals surface area contributed by atoms with E-state index in [0.29, 0.717) is 55.5 Å². The Bertz CT molecular complexity index is 1020. The Labute approximate surface area is 188 Å². The van der Waals surface area contributed by atoms with E-state index in [2.05, 4.69) is 13.8 Å². The van der Waals surface area contributed by atoms with Gasteiger partial charge in [0.25, 0.3) is 0 Å². The number of fused-ring (bicyclic) bond motifs is 1. The summed E-state index contributed by atoms with van der Waals surface area (Å²) < 4.78 is 13.9. The molecule has 4 rings (SSSR count). The Hall–Kier alpha value is -2.83. The van der Waals surface area contributed by atoms with Gasteiger partial charge >= 0.3 is 0 Å². The van der Waals surface area contributed by atoms with Crippen molar-refractivity contribution in [1.82, 2.24) is 14.9 Å². The number of nitrogens with zero attached hydrogens (tertiary/aromatic N) is 4. The second kappa shape index (κ2) is 9.35. The maximum absolute atomic E-state index is 13.9. The van der Waals surface area contributed by atoms with Crippen molar-refractivity contribution in [3.8, 4) is 0 Å². The van der Waals surface area contributed by atoms with Crippen molar-refractivity contribution in [3.63, 3.8) is 0 Å². The fourth-order valence-electron chi connectivity index (χ4n) is 4.73. The van der Waals surface area contributed by atoms with E-state index < -0.39 is 0 Å². The molecule has 0 aliphatic carbocycles. The summed E-state index contributed by atoms with van der Waals surface area (Å²) in [5.41, 5.74) is 2.47. The summed E-state index contributed by atoms with van der Waals surface area (Å²) >= 11 is 0. The quantitative estimate of drug-likeness (QED) is 0.679. The molecule has 0 bridgehead atoms. The van der Waals surface area contributed by atoms with Gasteiger partial charge in [-0.15, -0.1) is 0 Å². The number of hydrogen-bond acceptors (Lipinski definition) is 4. The zero-order chi connectivity index (χ0) is 22.8. The maximum Gasteiger partial charge on any atom is 0.228 e. The fraction of sp³-hybridized carbons (Fsp3) is 0.520. The SMILES string of the molecule is Cc1nc(C2CCCN2C(=O)CCc2ccccc2F)nc2c1CCC(=O)N2CC(C)C. The summed E-state index contributed by atoms with van der Waals surface area (Å²) in [5.74, 6) is 1.46. The van der Waals surface area contributed by atoms with Crippen molar-refractivity contribution in [2.75, 3.05) is 18.0 Å². The van der Waals surface area contributed by atoms with Crippen LogP contribution in [0.25, 0.3) is 0 Å². The highest BCUT2D eigenvalue weighted by atomic mass is 19.1. The smallest absolute Gasteiger partial charge is 0.228 e. The number of rotatable bonds is 6. The van der Waals surface area contributed by atoms with Gasteiger partial charge in [0.1, 0.15) is 11.6 Å². The van der Waals surface area contributed by atoms with Crippen molar-refractivity contribution in [2.45, 2.75) is 65.3 Å². The summed E-state index contributed by atoms with van der Waals surface area (Å²) in [7, 11) is 0. The number of amides is 2. The highest BCUT2D eigenvalue weighted by Gasteiger charge is 2.35. The zero-order valence-electron chi connectivity index (χ0n) is 19.1. The molecule has 0 spiro atoms. The minimum absolute atomic E-state index is 0.00941. The Morgan fingerprint density at radius 3 is 2.75 bits per heavy atom. The van der Waals surface area contributed by atoms with E-state index in [0.717, 1.165) is 24.1 Å². The average molecular weight is 439 g/mol. The molecular weight excluding hydrogens is 407 g/mol. The molecule has 6 nitrogen and oxygen atoms in total. The number of carbonyl (C=O) groups excluding carboxylic acids is 2. The van der Waals surface area contributed by atoms with Gasteiger partial charge in [-0.3, -0.25) is 14.5 Å². The number of benzene rings is 1. The number of anilines is 1. The predicted molar refractivity (Wildman–Crippen MR) is 121 cm³/mol. The summed E-state index contributed by atoms with van der Waals surface area (Å²) in [5, 5.41) is 0. The van der Waals surface area contributed by atoms with E-state index in [4.69, 9.17) is 9.97 Å². The van der Waals surface area contributed by atoms with Crippen LogP contribution in [-0.2, 0) is 22.4 Å². The monoisotopic (exact) mass is 438 g/mol. The maximum atomic E-state index is 13.9. The minimum Gasteiger partial charge on any atom is -0.332 e. The van der Waals surface area contributed by atoms with Gasteiger partial charge in [0.15, 0.2) is 5.82 Å². The third-order valence-corrected chi connectivity index (χ3v) is 6.34. The molecule has 2 aromatic rings. The van der Waals surface area contributed by atoms with Gasteiger partial charge in [0.2, 0.25) is 11.8 Å². The first-order chi connectivity index (χ1) is 15.3. The van der Waals surface area contributed by atoms with E-state index in [1.165, 1.54) is 6.07 Å². The van der Waals surface area contributed by atoms with E-state index in [1.54, 1.807) is 23.1 Å². The summed E-state index contributed by atoms with van der Waals surface area (Å²) in [6.07, 6.45) is 3.43. The highest BCUT2D eigenvalue weighted by molar-refractivity contribution is 5.95. The van der Waals surface area contributed by atoms with Crippen LogP contribution in [0.3, 0.4) is 0 Å².